The first kappa shape index (κ1) is 35.4. The quantitative estimate of drug-likeness (QED) is 0.258. The molecule has 43 heavy (non-hydrogen) atoms. The highest BCUT2D eigenvalue weighted by atomic mass is 16.6. The number of carbonyl (C=O) groups excluding carboxylic acids is 4. The molecular formula is C32H45N3O8. The maximum Gasteiger partial charge on any atom is 0.320 e. The van der Waals surface area contributed by atoms with E-state index in [0.717, 1.165) is 5.56 Å². The first-order chi connectivity index (χ1) is 20.1. The summed E-state index contributed by atoms with van der Waals surface area (Å²) in [6.07, 6.45) is 1.41. The summed E-state index contributed by atoms with van der Waals surface area (Å²) in [7, 11) is 1.32. The highest BCUT2D eigenvalue weighted by molar-refractivity contribution is 5.77. The van der Waals surface area contributed by atoms with E-state index in [1.807, 2.05) is 15.9 Å². The fourth-order valence-electron chi connectivity index (χ4n) is 4.40. The van der Waals surface area contributed by atoms with E-state index in [0.29, 0.717) is 49.3 Å². The first-order valence-electron chi connectivity index (χ1n) is 14.4. The molecule has 1 aromatic carbocycles. The molecule has 0 spiro atoms. The summed E-state index contributed by atoms with van der Waals surface area (Å²) in [6.45, 7) is 9.41. The number of esters is 2. The lowest BCUT2D eigenvalue weighted by Gasteiger charge is -2.28. The molecule has 1 heterocycles. The lowest BCUT2D eigenvalue weighted by molar-refractivity contribution is -0.156. The molecule has 0 saturated carbocycles. The van der Waals surface area contributed by atoms with Gasteiger partial charge in [0.05, 0.1) is 32.3 Å². The third-order valence-corrected chi connectivity index (χ3v) is 6.45. The van der Waals surface area contributed by atoms with Crippen LogP contribution in [0.15, 0.2) is 30.3 Å². The number of Topliss-reactive ketones (excluding diaryl/α,β-unsaturated/α-hetero) is 2. The molecule has 11 heteroatoms. The largest absolute Gasteiger partial charge is 0.508 e. The van der Waals surface area contributed by atoms with Crippen molar-refractivity contribution in [3.05, 3.63) is 52.8 Å². The summed E-state index contributed by atoms with van der Waals surface area (Å²) in [4.78, 5) is 56.1. The predicted molar refractivity (Wildman–Crippen MR) is 160 cm³/mol. The number of ketones is 2. The summed E-state index contributed by atoms with van der Waals surface area (Å²) >= 11 is 0. The number of methoxy groups -OCH3 is 1. The van der Waals surface area contributed by atoms with Crippen LogP contribution >= 0.6 is 0 Å². The Morgan fingerprint density at radius 1 is 0.814 bits per heavy atom. The van der Waals surface area contributed by atoms with E-state index < -0.39 is 11.6 Å². The van der Waals surface area contributed by atoms with E-state index in [2.05, 4.69) is 4.98 Å². The fraction of sp³-hybridized carbons (Fsp3) is 0.531. The summed E-state index contributed by atoms with van der Waals surface area (Å²) in [5.41, 5.74) is 1.78. The summed E-state index contributed by atoms with van der Waals surface area (Å²) < 4.78 is 10.2. The third-order valence-electron chi connectivity index (χ3n) is 6.45. The van der Waals surface area contributed by atoms with Crippen molar-refractivity contribution in [3.63, 3.8) is 0 Å². The number of benzene rings is 1. The Morgan fingerprint density at radius 3 is 2.07 bits per heavy atom. The third kappa shape index (κ3) is 13.8. The van der Waals surface area contributed by atoms with Crippen LogP contribution in [-0.4, -0.2) is 87.4 Å². The zero-order valence-corrected chi connectivity index (χ0v) is 26.1. The van der Waals surface area contributed by atoms with E-state index in [9.17, 15) is 29.4 Å². The number of ether oxygens (including phenoxy) is 2. The number of hydrogen-bond acceptors (Lipinski definition) is 11. The van der Waals surface area contributed by atoms with Crippen LogP contribution in [0.4, 0.5) is 0 Å². The SMILES string of the molecule is COC(=O)CCc1ccc(O)c(CN(CCN(CC(=O)OC(C)(C)C)Cc2cc(CCC(C)=O)ccc2O)CC(C)=O)n1. The van der Waals surface area contributed by atoms with Gasteiger partial charge in [-0.2, -0.15) is 0 Å². The molecule has 0 unspecified atom stereocenters. The smallest absolute Gasteiger partial charge is 0.320 e. The minimum absolute atomic E-state index is 0.0340. The van der Waals surface area contributed by atoms with Gasteiger partial charge in [-0.1, -0.05) is 12.1 Å². The van der Waals surface area contributed by atoms with Gasteiger partial charge >= 0.3 is 11.9 Å². The molecule has 0 radical (unpaired) electrons. The molecule has 0 atom stereocenters. The predicted octanol–water partition coefficient (Wildman–Crippen LogP) is 3.35. The average Bonchev–Trinajstić information content (AvgIpc) is 2.90. The Balaban J connectivity index is 2.26. The highest BCUT2D eigenvalue weighted by Crippen LogP contribution is 2.22. The number of aryl methyl sites for hydroxylation is 2. The molecule has 0 bridgehead atoms. The summed E-state index contributed by atoms with van der Waals surface area (Å²) in [5, 5.41) is 21.1. The maximum atomic E-state index is 12.8. The Kier molecular flexibility index (Phi) is 13.7. The Hall–Kier alpha value is -3.83. The van der Waals surface area contributed by atoms with Gasteiger partial charge in [-0.15, -0.1) is 0 Å². The Bertz CT molecular complexity index is 1270. The molecule has 236 valence electrons. The zero-order chi connectivity index (χ0) is 32.2. The van der Waals surface area contributed by atoms with Crippen molar-refractivity contribution in [2.45, 2.75) is 79.0 Å². The van der Waals surface area contributed by atoms with Crippen LogP contribution in [0, 0.1) is 0 Å². The van der Waals surface area contributed by atoms with Crippen LogP contribution in [-0.2, 0) is 54.6 Å². The van der Waals surface area contributed by atoms with Gasteiger partial charge in [0.25, 0.3) is 0 Å². The van der Waals surface area contributed by atoms with E-state index in [4.69, 9.17) is 9.47 Å². The van der Waals surface area contributed by atoms with E-state index in [-0.39, 0.29) is 61.6 Å². The van der Waals surface area contributed by atoms with Crippen LogP contribution in [0.3, 0.4) is 0 Å². The van der Waals surface area contributed by atoms with Gasteiger partial charge in [-0.25, -0.2) is 0 Å². The molecule has 0 aliphatic heterocycles. The van der Waals surface area contributed by atoms with Crippen molar-refractivity contribution >= 4 is 23.5 Å². The molecule has 2 N–H and O–H groups in total. The molecular weight excluding hydrogens is 554 g/mol. The van der Waals surface area contributed by atoms with Gasteiger partial charge in [0.15, 0.2) is 0 Å². The van der Waals surface area contributed by atoms with Crippen LogP contribution in [0.2, 0.25) is 0 Å². The number of aromatic hydroxyl groups is 2. The minimum Gasteiger partial charge on any atom is -0.508 e. The van der Waals surface area contributed by atoms with Crippen molar-refractivity contribution in [2.75, 3.05) is 33.3 Å². The molecule has 1 aromatic heterocycles. The van der Waals surface area contributed by atoms with Gasteiger partial charge in [-0.05, 0) is 64.8 Å². The molecule has 0 amide bonds. The van der Waals surface area contributed by atoms with Crippen LogP contribution in [0.1, 0.15) is 70.0 Å². The van der Waals surface area contributed by atoms with Crippen LogP contribution in [0.5, 0.6) is 11.5 Å². The van der Waals surface area contributed by atoms with Crippen LogP contribution < -0.4 is 0 Å². The van der Waals surface area contributed by atoms with Crippen molar-refractivity contribution in [2.24, 2.45) is 0 Å². The van der Waals surface area contributed by atoms with Gasteiger partial charge in [0.2, 0.25) is 0 Å². The Morgan fingerprint density at radius 2 is 1.47 bits per heavy atom. The second-order valence-electron chi connectivity index (χ2n) is 11.7. The van der Waals surface area contributed by atoms with E-state index >= 15 is 0 Å². The number of nitrogens with zero attached hydrogens (tertiary/aromatic N) is 3. The Labute approximate surface area is 253 Å². The number of hydrogen-bond donors (Lipinski definition) is 2. The monoisotopic (exact) mass is 599 g/mol. The number of pyridine rings is 1. The first-order valence-corrected chi connectivity index (χ1v) is 14.4. The van der Waals surface area contributed by atoms with Gasteiger partial charge in [0, 0.05) is 50.3 Å². The fourth-order valence-corrected chi connectivity index (χ4v) is 4.40. The van der Waals surface area contributed by atoms with Gasteiger partial charge < -0.3 is 24.5 Å². The summed E-state index contributed by atoms with van der Waals surface area (Å²) in [5.74, 6) is -0.782. The minimum atomic E-state index is -0.680. The standard InChI is InChI=1S/C32H45N3O8/c1-22(36)7-8-24-9-12-28(38)25(17-24)19-35(21-31(41)43-32(3,4)5)16-15-34(18-23(2)37)20-27-29(39)13-10-26(33-27)11-14-30(40)42-6/h9-10,12-13,17,38-39H,7-8,11,14-16,18-21H2,1-6H3. The lowest BCUT2D eigenvalue weighted by Crippen LogP contribution is -2.40. The van der Waals surface area contributed by atoms with Crippen molar-refractivity contribution in [1.82, 2.24) is 14.8 Å². The zero-order valence-electron chi connectivity index (χ0n) is 26.1. The molecule has 11 nitrogen and oxygen atoms in total. The number of phenolic OH excluding ortho intramolecular Hbond substituents is 1. The normalized spacial score (nSPS) is 11.5. The van der Waals surface area contributed by atoms with Crippen LogP contribution in [0.25, 0.3) is 0 Å². The maximum absolute atomic E-state index is 12.8. The number of carbonyl (C=O) groups is 4. The second-order valence-corrected chi connectivity index (χ2v) is 11.7. The average molecular weight is 600 g/mol. The van der Waals surface area contributed by atoms with Crippen molar-refractivity contribution in [3.8, 4) is 11.5 Å². The summed E-state index contributed by atoms with van der Waals surface area (Å²) in [6, 6.07) is 8.33. The molecule has 2 aromatic rings. The lowest BCUT2D eigenvalue weighted by atomic mass is 10.0. The second kappa shape index (κ2) is 16.7. The topological polar surface area (TPSA) is 147 Å². The van der Waals surface area contributed by atoms with E-state index in [1.54, 1.807) is 39.0 Å². The molecule has 0 aliphatic rings. The van der Waals surface area contributed by atoms with Gasteiger partial charge in [-0.3, -0.25) is 29.2 Å². The molecule has 0 saturated heterocycles. The van der Waals surface area contributed by atoms with Gasteiger partial charge in [0.1, 0.15) is 28.7 Å². The number of aromatic nitrogens is 1. The number of phenols is 1. The molecule has 0 aliphatic carbocycles. The number of rotatable bonds is 17. The highest BCUT2D eigenvalue weighted by Gasteiger charge is 2.22. The molecule has 0 fully saturated rings. The van der Waals surface area contributed by atoms with Crippen molar-refractivity contribution in [1.29, 1.82) is 0 Å². The molecule has 2 rings (SSSR count). The van der Waals surface area contributed by atoms with E-state index in [1.165, 1.54) is 27.0 Å². The van der Waals surface area contributed by atoms with Crippen molar-refractivity contribution < 1.29 is 38.9 Å².